The highest BCUT2D eigenvalue weighted by Gasteiger charge is 2.31. The summed E-state index contributed by atoms with van der Waals surface area (Å²) < 4.78 is 6.51. The molecule has 0 radical (unpaired) electrons. The molecule has 0 saturated carbocycles. The molecule has 4 heterocycles. The number of aromatic hydroxyl groups is 1. The van der Waals surface area contributed by atoms with Crippen LogP contribution in [-0.2, 0) is 9.59 Å². The number of nitrogens with zero attached hydrogens (tertiary/aromatic N) is 5. The van der Waals surface area contributed by atoms with E-state index in [4.69, 9.17) is 16.3 Å². The van der Waals surface area contributed by atoms with Gasteiger partial charge in [-0.25, -0.2) is 24.3 Å². The van der Waals surface area contributed by atoms with E-state index in [0.717, 1.165) is 9.47 Å². The lowest BCUT2D eigenvalue weighted by Crippen LogP contribution is -2.54. The number of pyridine rings is 1. The lowest BCUT2D eigenvalue weighted by Gasteiger charge is -2.24. The Hall–Kier alpha value is -3.73. The largest absolute Gasteiger partial charge is 0.493 e. The lowest BCUT2D eigenvalue weighted by molar-refractivity contribution is -0.135. The number of hydrogen-bond acceptors (Lipinski definition) is 8. The molecular formula is C16H11ClN6O5. The summed E-state index contributed by atoms with van der Waals surface area (Å²) in [6.45, 7) is -0.694. The fraction of sp³-hybridized carbons (Fsp3) is 0.125. The molecule has 11 nitrogen and oxygen atoms in total. The Kier molecular flexibility index (Phi) is 4.28. The fourth-order valence-electron chi connectivity index (χ4n) is 2.69. The predicted molar refractivity (Wildman–Crippen MR) is 94.1 cm³/mol. The summed E-state index contributed by atoms with van der Waals surface area (Å²) in [6.07, 6.45) is 3.10. The van der Waals surface area contributed by atoms with Crippen molar-refractivity contribution in [2.75, 3.05) is 13.1 Å². The van der Waals surface area contributed by atoms with Crippen LogP contribution in [0.5, 0.6) is 11.8 Å². The maximum absolute atomic E-state index is 12.5. The van der Waals surface area contributed by atoms with E-state index < -0.39 is 17.9 Å². The summed E-state index contributed by atoms with van der Waals surface area (Å²) in [6, 6.07) is 3.03. The highest BCUT2D eigenvalue weighted by Crippen LogP contribution is 2.37. The molecule has 3 aromatic rings. The van der Waals surface area contributed by atoms with Gasteiger partial charge >= 0.3 is 6.09 Å². The minimum absolute atomic E-state index is 0.0783. The predicted octanol–water partition coefficient (Wildman–Crippen LogP) is 0.632. The normalized spacial score (nSPS) is 14.2. The van der Waals surface area contributed by atoms with Gasteiger partial charge in [-0.2, -0.15) is 0 Å². The van der Waals surface area contributed by atoms with Crippen LogP contribution in [-0.4, -0.2) is 60.5 Å². The van der Waals surface area contributed by atoms with Crippen molar-refractivity contribution in [3.05, 3.63) is 35.7 Å². The van der Waals surface area contributed by atoms with Gasteiger partial charge in [0.05, 0.1) is 5.02 Å². The molecule has 0 aromatic carbocycles. The van der Waals surface area contributed by atoms with Gasteiger partial charge in [-0.1, -0.05) is 11.6 Å². The highest BCUT2D eigenvalue weighted by molar-refractivity contribution is 6.30. The summed E-state index contributed by atoms with van der Waals surface area (Å²) in [4.78, 5) is 48.7. The standard InChI is InChI=1S/C16H11ClN6O5/c17-8-1-2-9(20-5-8)23-14(26)12-13(19-4-3-18-12)15(23)28-16(27)22-6-10(24)21-11(25)7-22/h1-5,26H,6-7H2,(H,21,24,25). The second-order valence-corrected chi connectivity index (χ2v) is 6.18. The molecule has 3 aromatic heterocycles. The zero-order valence-corrected chi connectivity index (χ0v) is 14.8. The van der Waals surface area contributed by atoms with Gasteiger partial charge in [0.15, 0.2) is 11.0 Å². The first kappa shape index (κ1) is 17.7. The molecule has 1 saturated heterocycles. The summed E-state index contributed by atoms with van der Waals surface area (Å²) in [5, 5.41) is 13.0. The number of imide groups is 1. The van der Waals surface area contributed by atoms with Gasteiger partial charge in [0, 0.05) is 18.6 Å². The van der Waals surface area contributed by atoms with Crippen molar-refractivity contribution in [3.63, 3.8) is 0 Å². The van der Waals surface area contributed by atoms with Crippen molar-refractivity contribution in [2.24, 2.45) is 0 Å². The Morgan fingerprint density at radius 1 is 1.11 bits per heavy atom. The van der Waals surface area contributed by atoms with Crippen LogP contribution in [0, 0.1) is 0 Å². The van der Waals surface area contributed by atoms with E-state index in [-0.39, 0.29) is 41.7 Å². The first-order valence-electron chi connectivity index (χ1n) is 7.90. The van der Waals surface area contributed by atoms with Gasteiger partial charge in [-0.05, 0) is 12.1 Å². The highest BCUT2D eigenvalue weighted by atomic mass is 35.5. The second-order valence-electron chi connectivity index (χ2n) is 5.75. The third-order valence-electron chi connectivity index (χ3n) is 3.86. The number of amides is 3. The van der Waals surface area contributed by atoms with E-state index in [1.54, 1.807) is 0 Å². The summed E-state index contributed by atoms with van der Waals surface area (Å²) in [5.41, 5.74) is 0.174. The number of fused-ring (bicyclic) bond motifs is 1. The Labute approximate surface area is 161 Å². The van der Waals surface area contributed by atoms with Crippen molar-refractivity contribution in [2.45, 2.75) is 0 Å². The average Bonchev–Trinajstić information content (AvgIpc) is 2.94. The van der Waals surface area contributed by atoms with Crippen LogP contribution in [0.4, 0.5) is 4.79 Å². The van der Waals surface area contributed by atoms with Crippen LogP contribution in [0.1, 0.15) is 0 Å². The zero-order chi connectivity index (χ0) is 19.8. The van der Waals surface area contributed by atoms with Crippen molar-refractivity contribution in [1.29, 1.82) is 0 Å². The first-order chi connectivity index (χ1) is 13.4. The van der Waals surface area contributed by atoms with Crippen LogP contribution in [0.15, 0.2) is 30.7 Å². The number of ether oxygens (including phenoxy) is 1. The number of nitrogens with one attached hydrogen (secondary N) is 1. The topological polar surface area (TPSA) is 140 Å². The van der Waals surface area contributed by atoms with E-state index in [1.165, 1.54) is 30.7 Å². The van der Waals surface area contributed by atoms with Gasteiger partial charge in [0.2, 0.25) is 23.6 Å². The van der Waals surface area contributed by atoms with E-state index in [0.29, 0.717) is 5.02 Å². The molecule has 3 amide bonds. The lowest BCUT2D eigenvalue weighted by atomic mass is 10.4. The van der Waals surface area contributed by atoms with E-state index >= 15 is 0 Å². The molecular weight excluding hydrogens is 392 g/mol. The van der Waals surface area contributed by atoms with Gasteiger partial charge < -0.3 is 9.84 Å². The average molecular weight is 403 g/mol. The van der Waals surface area contributed by atoms with Crippen molar-refractivity contribution >= 4 is 40.5 Å². The Balaban J connectivity index is 1.78. The number of carbonyl (C=O) groups is 3. The molecule has 0 bridgehead atoms. The van der Waals surface area contributed by atoms with Gasteiger partial charge in [0.25, 0.3) is 0 Å². The number of halogens is 1. The molecule has 142 valence electrons. The summed E-state index contributed by atoms with van der Waals surface area (Å²) in [7, 11) is 0. The molecule has 2 N–H and O–H groups in total. The molecule has 4 rings (SSSR count). The molecule has 0 unspecified atom stereocenters. The quantitative estimate of drug-likeness (QED) is 0.595. The van der Waals surface area contributed by atoms with Gasteiger partial charge in [0.1, 0.15) is 18.9 Å². The smallest absolute Gasteiger partial charge is 0.417 e. The van der Waals surface area contributed by atoms with Gasteiger partial charge in [-0.15, -0.1) is 0 Å². The van der Waals surface area contributed by atoms with Crippen LogP contribution in [0.3, 0.4) is 0 Å². The van der Waals surface area contributed by atoms with Crippen LogP contribution < -0.4 is 10.1 Å². The number of hydrogen-bond donors (Lipinski definition) is 2. The second kappa shape index (κ2) is 6.78. The van der Waals surface area contributed by atoms with Crippen LogP contribution >= 0.6 is 11.6 Å². The molecule has 1 fully saturated rings. The minimum atomic E-state index is -0.969. The van der Waals surface area contributed by atoms with E-state index in [9.17, 15) is 19.5 Å². The van der Waals surface area contributed by atoms with Crippen LogP contribution in [0.2, 0.25) is 5.02 Å². The third-order valence-corrected chi connectivity index (χ3v) is 4.08. The van der Waals surface area contributed by atoms with E-state index in [1.807, 2.05) is 0 Å². The third kappa shape index (κ3) is 3.07. The Morgan fingerprint density at radius 3 is 2.43 bits per heavy atom. The molecule has 28 heavy (non-hydrogen) atoms. The number of aromatic nitrogens is 4. The van der Waals surface area contributed by atoms with Crippen molar-refractivity contribution in [1.82, 2.24) is 29.7 Å². The monoisotopic (exact) mass is 402 g/mol. The maximum Gasteiger partial charge on any atom is 0.417 e. The van der Waals surface area contributed by atoms with Crippen LogP contribution in [0.25, 0.3) is 16.9 Å². The molecule has 0 spiro atoms. The fourth-order valence-corrected chi connectivity index (χ4v) is 2.80. The SMILES string of the molecule is O=C1CN(C(=O)Oc2c3nccnc3c(O)n2-c2ccc(Cl)cn2)CC(=O)N1. The molecule has 0 atom stereocenters. The first-order valence-corrected chi connectivity index (χ1v) is 8.27. The van der Waals surface area contributed by atoms with E-state index in [2.05, 4.69) is 20.3 Å². The van der Waals surface area contributed by atoms with Gasteiger partial charge in [-0.3, -0.25) is 19.8 Å². The maximum atomic E-state index is 12.5. The number of rotatable bonds is 2. The summed E-state index contributed by atoms with van der Waals surface area (Å²) in [5.74, 6) is -1.59. The molecule has 1 aliphatic heterocycles. The van der Waals surface area contributed by atoms with Crippen molar-refractivity contribution in [3.8, 4) is 17.6 Å². The molecule has 12 heteroatoms. The minimum Gasteiger partial charge on any atom is -0.493 e. The molecule has 1 aliphatic rings. The zero-order valence-electron chi connectivity index (χ0n) is 14.0. The summed E-state index contributed by atoms with van der Waals surface area (Å²) >= 11 is 5.85. The Bertz CT molecular complexity index is 1100. The van der Waals surface area contributed by atoms with Crippen molar-refractivity contribution < 1.29 is 24.2 Å². The molecule has 0 aliphatic carbocycles. The number of piperazine rings is 1. The Morgan fingerprint density at radius 2 is 1.79 bits per heavy atom. The number of carbonyl (C=O) groups excluding carboxylic acids is 3.